The van der Waals surface area contributed by atoms with E-state index in [1.165, 1.54) is 0 Å². The van der Waals surface area contributed by atoms with Crippen molar-refractivity contribution in [3.63, 3.8) is 0 Å². The average Bonchev–Trinajstić information content (AvgIpc) is 2.87. The molecule has 0 spiro atoms. The van der Waals surface area contributed by atoms with Crippen molar-refractivity contribution < 1.29 is 4.79 Å². The lowest BCUT2D eigenvalue weighted by molar-refractivity contribution is 0.0976. The van der Waals surface area contributed by atoms with Gasteiger partial charge in [-0.05, 0) is 32.0 Å². The molecule has 0 N–H and O–H groups in total. The van der Waals surface area contributed by atoms with Crippen LogP contribution in [-0.2, 0) is 6.54 Å². The van der Waals surface area contributed by atoms with Gasteiger partial charge in [-0.1, -0.05) is 16.8 Å². The number of fused-ring (bicyclic) bond motifs is 1. The third-order valence-electron chi connectivity index (χ3n) is 3.95. The molecule has 3 rings (SSSR count). The highest BCUT2D eigenvalue weighted by Crippen LogP contribution is 2.35. The summed E-state index contributed by atoms with van der Waals surface area (Å²) in [6, 6.07) is 5.62. The van der Waals surface area contributed by atoms with E-state index in [9.17, 15) is 4.79 Å². The molecule has 1 aliphatic heterocycles. The molecule has 0 atom stereocenters. The minimum atomic E-state index is -0.0824. The molecule has 1 aromatic carbocycles. The zero-order chi connectivity index (χ0) is 15.9. The molecule has 0 fully saturated rings. The van der Waals surface area contributed by atoms with E-state index in [4.69, 9.17) is 11.6 Å². The molecular weight excluding hydrogens is 302 g/mol. The summed E-state index contributed by atoms with van der Waals surface area (Å²) in [6.45, 7) is 5.74. The van der Waals surface area contributed by atoms with Crippen LogP contribution < -0.4 is 9.80 Å². The molecule has 0 saturated carbocycles. The third kappa shape index (κ3) is 2.33. The first-order valence-corrected chi connectivity index (χ1v) is 7.63. The molecule has 0 aliphatic carbocycles. The standard InChI is InChI=1S/C15H18ClN5O/c1-4-21-14(10(2)17-18-21)15(22)20-8-7-19(3)12-6-5-11(16)9-13(12)20/h5-6,9H,4,7-8H2,1-3H3. The maximum atomic E-state index is 13.0. The minimum Gasteiger partial charge on any atom is -0.371 e. The normalized spacial score (nSPS) is 14.2. The number of amides is 1. The summed E-state index contributed by atoms with van der Waals surface area (Å²) in [5.41, 5.74) is 3.01. The van der Waals surface area contributed by atoms with Crippen LogP contribution in [0.5, 0.6) is 0 Å². The Balaban J connectivity index is 2.06. The lowest BCUT2D eigenvalue weighted by Crippen LogP contribution is -2.43. The summed E-state index contributed by atoms with van der Waals surface area (Å²) in [7, 11) is 2.01. The number of aryl methyl sites for hydroxylation is 2. The van der Waals surface area contributed by atoms with Gasteiger partial charge in [0.2, 0.25) is 0 Å². The number of hydrogen-bond acceptors (Lipinski definition) is 4. The first-order valence-electron chi connectivity index (χ1n) is 7.25. The Hall–Kier alpha value is -2.08. The molecule has 22 heavy (non-hydrogen) atoms. The van der Waals surface area contributed by atoms with Crippen molar-refractivity contribution in [1.82, 2.24) is 15.0 Å². The maximum absolute atomic E-state index is 13.0. The van der Waals surface area contributed by atoms with Crippen LogP contribution in [0.15, 0.2) is 18.2 Å². The minimum absolute atomic E-state index is 0.0824. The summed E-state index contributed by atoms with van der Waals surface area (Å²) >= 11 is 6.12. The predicted octanol–water partition coefficient (Wildman–Crippen LogP) is 2.36. The first-order chi connectivity index (χ1) is 10.5. The van der Waals surface area contributed by atoms with Gasteiger partial charge in [-0.25, -0.2) is 4.68 Å². The number of rotatable bonds is 2. The molecule has 2 heterocycles. The van der Waals surface area contributed by atoms with Gasteiger partial charge in [-0.2, -0.15) is 0 Å². The number of carbonyl (C=O) groups excluding carboxylic acids is 1. The fourth-order valence-corrected chi connectivity index (χ4v) is 2.92. The molecule has 1 amide bonds. The molecule has 7 heteroatoms. The van der Waals surface area contributed by atoms with Gasteiger partial charge in [0.05, 0.1) is 17.1 Å². The fraction of sp³-hybridized carbons (Fsp3) is 0.400. The van der Waals surface area contributed by atoms with E-state index in [0.717, 1.165) is 17.9 Å². The van der Waals surface area contributed by atoms with E-state index in [1.54, 1.807) is 16.5 Å². The van der Waals surface area contributed by atoms with Crippen LogP contribution in [0.25, 0.3) is 0 Å². The van der Waals surface area contributed by atoms with Crippen molar-refractivity contribution in [2.24, 2.45) is 0 Å². The van der Waals surface area contributed by atoms with E-state index < -0.39 is 0 Å². The molecule has 6 nitrogen and oxygen atoms in total. The van der Waals surface area contributed by atoms with Crippen LogP contribution in [0.3, 0.4) is 0 Å². The molecule has 0 radical (unpaired) electrons. The number of hydrogen-bond donors (Lipinski definition) is 0. The number of nitrogens with zero attached hydrogens (tertiary/aromatic N) is 5. The van der Waals surface area contributed by atoms with Gasteiger partial charge in [-0.3, -0.25) is 4.79 Å². The molecule has 0 unspecified atom stereocenters. The van der Waals surface area contributed by atoms with E-state index in [0.29, 0.717) is 29.5 Å². The van der Waals surface area contributed by atoms with Crippen LogP contribution in [0, 0.1) is 6.92 Å². The Bertz CT molecular complexity index is 727. The van der Waals surface area contributed by atoms with Gasteiger partial charge in [-0.15, -0.1) is 5.10 Å². The molecular formula is C15H18ClN5O. The Morgan fingerprint density at radius 1 is 1.32 bits per heavy atom. The van der Waals surface area contributed by atoms with Gasteiger partial charge in [0.25, 0.3) is 5.91 Å². The summed E-state index contributed by atoms with van der Waals surface area (Å²) in [4.78, 5) is 16.9. The molecule has 0 bridgehead atoms. The van der Waals surface area contributed by atoms with Crippen molar-refractivity contribution in [3.05, 3.63) is 34.6 Å². The number of aromatic nitrogens is 3. The third-order valence-corrected chi connectivity index (χ3v) is 4.18. The van der Waals surface area contributed by atoms with Gasteiger partial charge >= 0.3 is 0 Å². The van der Waals surface area contributed by atoms with E-state index in [1.807, 2.05) is 32.2 Å². The molecule has 2 aromatic rings. The number of likely N-dealkylation sites (N-methyl/N-ethyl adjacent to an activating group) is 1. The zero-order valence-corrected chi connectivity index (χ0v) is 13.6. The Labute approximate surface area is 134 Å². The number of anilines is 2. The van der Waals surface area contributed by atoms with Crippen LogP contribution in [-0.4, -0.2) is 41.0 Å². The second-order valence-electron chi connectivity index (χ2n) is 5.35. The topological polar surface area (TPSA) is 54.3 Å². The van der Waals surface area contributed by atoms with Crippen molar-refractivity contribution in [1.29, 1.82) is 0 Å². The van der Waals surface area contributed by atoms with Crippen molar-refractivity contribution in [3.8, 4) is 0 Å². The quantitative estimate of drug-likeness (QED) is 0.852. The lowest BCUT2D eigenvalue weighted by atomic mass is 10.1. The van der Waals surface area contributed by atoms with Crippen LogP contribution in [0.4, 0.5) is 11.4 Å². The Morgan fingerprint density at radius 2 is 2.09 bits per heavy atom. The van der Waals surface area contributed by atoms with Crippen molar-refractivity contribution in [2.75, 3.05) is 29.9 Å². The Kier molecular flexibility index (Phi) is 3.78. The zero-order valence-electron chi connectivity index (χ0n) is 12.9. The van der Waals surface area contributed by atoms with Crippen molar-refractivity contribution >= 4 is 28.9 Å². The van der Waals surface area contributed by atoms with E-state index in [-0.39, 0.29) is 5.91 Å². The molecule has 1 aliphatic rings. The van der Waals surface area contributed by atoms with Crippen molar-refractivity contribution in [2.45, 2.75) is 20.4 Å². The molecule has 116 valence electrons. The number of halogens is 1. The largest absolute Gasteiger partial charge is 0.371 e. The predicted molar refractivity (Wildman–Crippen MR) is 86.8 cm³/mol. The van der Waals surface area contributed by atoms with Gasteiger partial charge in [0.1, 0.15) is 5.69 Å². The second kappa shape index (κ2) is 5.61. The summed E-state index contributed by atoms with van der Waals surface area (Å²) in [5, 5.41) is 8.66. The first kappa shape index (κ1) is 14.8. The summed E-state index contributed by atoms with van der Waals surface area (Å²) in [5.74, 6) is -0.0824. The van der Waals surface area contributed by atoms with E-state index >= 15 is 0 Å². The molecule has 0 saturated heterocycles. The van der Waals surface area contributed by atoms with E-state index in [2.05, 4.69) is 15.2 Å². The summed E-state index contributed by atoms with van der Waals surface area (Å²) < 4.78 is 1.64. The smallest absolute Gasteiger partial charge is 0.278 e. The highest BCUT2D eigenvalue weighted by Gasteiger charge is 2.29. The highest BCUT2D eigenvalue weighted by atomic mass is 35.5. The van der Waals surface area contributed by atoms with Crippen LogP contribution >= 0.6 is 11.6 Å². The maximum Gasteiger partial charge on any atom is 0.278 e. The second-order valence-corrected chi connectivity index (χ2v) is 5.79. The van der Waals surface area contributed by atoms with Gasteiger partial charge in [0.15, 0.2) is 0 Å². The van der Waals surface area contributed by atoms with Crippen LogP contribution in [0.2, 0.25) is 5.02 Å². The number of benzene rings is 1. The SMILES string of the molecule is CCn1nnc(C)c1C(=O)N1CCN(C)c2ccc(Cl)cc21. The van der Waals surface area contributed by atoms with Gasteiger partial charge in [0, 0.05) is 31.7 Å². The van der Waals surface area contributed by atoms with Crippen LogP contribution in [0.1, 0.15) is 23.1 Å². The monoisotopic (exact) mass is 319 g/mol. The fourth-order valence-electron chi connectivity index (χ4n) is 2.75. The average molecular weight is 320 g/mol. The van der Waals surface area contributed by atoms with Gasteiger partial charge < -0.3 is 9.80 Å². The molecule has 1 aromatic heterocycles. The Morgan fingerprint density at radius 3 is 2.82 bits per heavy atom. The summed E-state index contributed by atoms with van der Waals surface area (Å²) in [6.07, 6.45) is 0. The lowest BCUT2D eigenvalue weighted by Gasteiger charge is -2.35. The highest BCUT2D eigenvalue weighted by molar-refractivity contribution is 6.31. The number of carbonyl (C=O) groups is 1.